The van der Waals surface area contributed by atoms with Gasteiger partial charge < -0.3 is 15.5 Å². The van der Waals surface area contributed by atoms with Gasteiger partial charge in [-0.2, -0.15) is 0 Å². The molecule has 2 amide bonds. The third kappa shape index (κ3) is 6.06. The summed E-state index contributed by atoms with van der Waals surface area (Å²) in [5.41, 5.74) is 0.720. The Hall–Kier alpha value is -1.89. The molecule has 1 aromatic carbocycles. The number of hydrogen-bond acceptors (Lipinski definition) is 4. The molecule has 5 nitrogen and oxygen atoms in total. The smallest absolute Gasteiger partial charge is 0.261 e. The Morgan fingerprint density at radius 3 is 2.67 bits per heavy atom. The van der Waals surface area contributed by atoms with E-state index in [0.29, 0.717) is 11.4 Å². The second-order valence-corrected chi connectivity index (χ2v) is 8.53. The Kier molecular flexibility index (Phi) is 6.88. The molecular formula is C20H24ClN3O2S. The van der Waals surface area contributed by atoms with E-state index in [1.807, 2.05) is 31.2 Å². The number of hydrogen-bond donors (Lipinski definition) is 2. The van der Waals surface area contributed by atoms with Crippen molar-refractivity contribution in [2.75, 3.05) is 25.0 Å². The highest BCUT2D eigenvalue weighted by Gasteiger charge is 2.22. The van der Waals surface area contributed by atoms with E-state index in [4.69, 9.17) is 11.6 Å². The van der Waals surface area contributed by atoms with Gasteiger partial charge in [-0.1, -0.05) is 17.7 Å². The van der Waals surface area contributed by atoms with Crippen LogP contribution in [-0.4, -0.2) is 42.4 Å². The molecule has 0 unspecified atom stereocenters. The standard InChI is InChI=1S/C20H24ClN3O2S/c1-14-5-6-18(27-14)20(26)23-16-7-10-24(11-8-16)12-9-19(25)22-17-4-2-3-15(21)13-17/h2-6,13,16H,7-12H2,1H3,(H,22,25)(H,23,26). The maximum Gasteiger partial charge on any atom is 0.261 e. The molecule has 0 aliphatic carbocycles. The SMILES string of the molecule is Cc1ccc(C(=O)NC2CCN(CCC(=O)Nc3cccc(Cl)c3)CC2)s1. The Labute approximate surface area is 168 Å². The van der Waals surface area contributed by atoms with Crippen LogP contribution < -0.4 is 10.6 Å². The molecule has 2 heterocycles. The van der Waals surface area contributed by atoms with Crippen molar-refractivity contribution in [2.24, 2.45) is 0 Å². The molecule has 0 saturated carbocycles. The summed E-state index contributed by atoms with van der Waals surface area (Å²) in [5.74, 6) is 0.00760. The van der Waals surface area contributed by atoms with Crippen molar-refractivity contribution >= 4 is 40.4 Å². The fraction of sp³-hybridized carbons (Fsp3) is 0.400. The van der Waals surface area contributed by atoms with E-state index in [1.165, 1.54) is 11.3 Å². The first kappa shape index (κ1) is 19.9. The van der Waals surface area contributed by atoms with Crippen molar-refractivity contribution in [3.8, 4) is 0 Å². The van der Waals surface area contributed by atoms with E-state index < -0.39 is 0 Å². The van der Waals surface area contributed by atoms with Gasteiger partial charge in [-0.3, -0.25) is 9.59 Å². The third-order valence-corrected chi connectivity index (χ3v) is 5.88. The zero-order valence-electron chi connectivity index (χ0n) is 15.3. The predicted molar refractivity (Wildman–Crippen MR) is 111 cm³/mol. The van der Waals surface area contributed by atoms with Crippen LogP contribution in [0.2, 0.25) is 5.02 Å². The van der Waals surface area contributed by atoms with Gasteiger partial charge in [0.25, 0.3) is 5.91 Å². The summed E-state index contributed by atoms with van der Waals surface area (Å²) >= 11 is 7.45. The van der Waals surface area contributed by atoms with Crippen molar-refractivity contribution in [1.29, 1.82) is 0 Å². The van der Waals surface area contributed by atoms with E-state index >= 15 is 0 Å². The predicted octanol–water partition coefficient (Wildman–Crippen LogP) is 3.93. The van der Waals surface area contributed by atoms with Gasteiger partial charge in [-0.05, 0) is 50.1 Å². The number of amides is 2. The van der Waals surface area contributed by atoms with Crippen LogP contribution in [0.5, 0.6) is 0 Å². The maximum atomic E-state index is 12.2. The number of benzene rings is 1. The van der Waals surface area contributed by atoms with Crippen LogP contribution in [0.25, 0.3) is 0 Å². The average Bonchev–Trinajstić information content (AvgIpc) is 3.08. The molecule has 7 heteroatoms. The minimum absolute atomic E-state index is 0.0132. The lowest BCUT2D eigenvalue weighted by Gasteiger charge is -2.32. The minimum atomic E-state index is -0.0132. The fourth-order valence-electron chi connectivity index (χ4n) is 3.16. The van der Waals surface area contributed by atoms with E-state index in [-0.39, 0.29) is 17.9 Å². The molecular weight excluding hydrogens is 382 g/mol. The molecule has 1 aliphatic rings. The number of likely N-dealkylation sites (tertiary alicyclic amines) is 1. The largest absolute Gasteiger partial charge is 0.349 e. The second-order valence-electron chi connectivity index (χ2n) is 6.81. The molecule has 1 aliphatic heterocycles. The quantitative estimate of drug-likeness (QED) is 0.765. The van der Waals surface area contributed by atoms with Gasteiger partial charge in [-0.15, -0.1) is 11.3 Å². The van der Waals surface area contributed by atoms with Crippen LogP contribution in [0.4, 0.5) is 5.69 Å². The summed E-state index contributed by atoms with van der Waals surface area (Å²) in [6, 6.07) is 11.2. The topological polar surface area (TPSA) is 61.4 Å². The Bertz CT molecular complexity index is 800. The molecule has 3 rings (SSSR count). The number of nitrogens with one attached hydrogen (secondary N) is 2. The number of carbonyl (C=O) groups excluding carboxylic acids is 2. The lowest BCUT2D eigenvalue weighted by Crippen LogP contribution is -2.45. The second kappa shape index (κ2) is 9.35. The van der Waals surface area contributed by atoms with Crippen LogP contribution in [0, 0.1) is 6.92 Å². The van der Waals surface area contributed by atoms with Crippen LogP contribution in [-0.2, 0) is 4.79 Å². The zero-order chi connectivity index (χ0) is 19.2. The number of aryl methyl sites for hydroxylation is 1. The first-order chi connectivity index (χ1) is 13.0. The number of rotatable bonds is 6. The van der Waals surface area contributed by atoms with E-state index in [2.05, 4.69) is 15.5 Å². The first-order valence-electron chi connectivity index (χ1n) is 9.14. The van der Waals surface area contributed by atoms with E-state index in [0.717, 1.165) is 47.9 Å². The molecule has 1 aromatic heterocycles. The number of nitrogens with zero attached hydrogens (tertiary/aromatic N) is 1. The Morgan fingerprint density at radius 1 is 1.22 bits per heavy atom. The van der Waals surface area contributed by atoms with E-state index in [9.17, 15) is 9.59 Å². The van der Waals surface area contributed by atoms with Gasteiger partial charge in [0.2, 0.25) is 5.91 Å². The summed E-state index contributed by atoms with van der Waals surface area (Å²) in [6.07, 6.45) is 2.26. The highest BCUT2D eigenvalue weighted by molar-refractivity contribution is 7.13. The molecule has 0 radical (unpaired) electrons. The monoisotopic (exact) mass is 405 g/mol. The minimum Gasteiger partial charge on any atom is -0.349 e. The van der Waals surface area contributed by atoms with E-state index in [1.54, 1.807) is 12.1 Å². The number of piperidine rings is 1. The first-order valence-corrected chi connectivity index (χ1v) is 10.3. The number of halogens is 1. The molecule has 1 saturated heterocycles. The molecule has 0 spiro atoms. The molecule has 2 aromatic rings. The van der Waals surface area contributed by atoms with Crippen LogP contribution >= 0.6 is 22.9 Å². The highest BCUT2D eigenvalue weighted by Crippen LogP contribution is 2.17. The Morgan fingerprint density at radius 2 is 2.00 bits per heavy atom. The lowest BCUT2D eigenvalue weighted by molar-refractivity contribution is -0.116. The maximum absolute atomic E-state index is 12.2. The van der Waals surface area contributed by atoms with Crippen LogP contribution in [0.3, 0.4) is 0 Å². The lowest BCUT2D eigenvalue weighted by atomic mass is 10.0. The van der Waals surface area contributed by atoms with Gasteiger partial charge in [0.1, 0.15) is 0 Å². The van der Waals surface area contributed by atoms with Gasteiger partial charge in [-0.25, -0.2) is 0 Å². The average molecular weight is 406 g/mol. The van der Waals surface area contributed by atoms with Gasteiger partial charge in [0.15, 0.2) is 0 Å². The number of thiophene rings is 1. The van der Waals surface area contributed by atoms with Gasteiger partial charge >= 0.3 is 0 Å². The van der Waals surface area contributed by atoms with Gasteiger partial charge in [0, 0.05) is 47.7 Å². The van der Waals surface area contributed by atoms with Crippen molar-refractivity contribution in [3.05, 3.63) is 51.2 Å². The van der Waals surface area contributed by atoms with Crippen molar-refractivity contribution in [2.45, 2.75) is 32.2 Å². The molecule has 1 fully saturated rings. The van der Waals surface area contributed by atoms with Crippen molar-refractivity contribution < 1.29 is 9.59 Å². The fourth-order valence-corrected chi connectivity index (χ4v) is 4.12. The number of carbonyl (C=O) groups is 2. The van der Waals surface area contributed by atoms with Crippen molar-refractivity contribution in [3.63, 3.8) is 0 Å². The molecule has 27 heavy (non-hydrogen) atoms. The third-order valence-electron chi connectivity index (χ3n) is 4.65. The number of anilines is 1. The molecule has 2 N–H and O–H groups in total. The van der Waals surface area contributed by atoms with Crippen LogP contribution in [0.15, 0.2) is 36.4 Å². The summed E-state index contributed by atoms with van der Waals surface area (Å²) in [4.78, 5) is 28.5. The molecule has 0 atom stereocenters. The normalized spacial score (nSPS) is 15.5. The molecule has 144 valence electrons. The summed E-state index contributed by atoms with van der Waals surface area (Å²) in [6.45, 7) is 4.50. The van der Waals surface area contributed by atoms with Crippen LogP contribution in [0.1, 0.15) is 33.8 Å². The van der Waals surface area contributed by atoms with Gasteiger partial charge in [0.05, 0.1) is 4.88 Å². The van der Waals surface area contributed by atoms with Crippen molar-refractivity contribution in [1.82, 2.24) is 10.2 Å². The highest BCUT2D eigenvalue weighted by atomic mass is 35.5. The summed E-state index contributed by atoms with van der Waals surface area (Å²) in [5, 5.41) is 6.60. The zero-order valence-corrected chi connectivity index (χ0v) is 16.9. The molecule has 0 bridgehead atoms. The summed E-state index contributed by atoms with van der Waals surface area (Å²) in [7, 11) is 0. The Balaban J connectivity index is 1.36. The summed E-state index contributed by atoms with van der Waals surface area (Å²) < 4.78 is 0.